The zero-order valence-corrected chi connectivity index (χ0v) is 14.8. The number of benzene rings is 2. The topological polar surface area (TPSA) is 49.4 Å². The lowest BCUT2D eigenvalue weighted by atomic mass is 10.1. The van der Waals surface area contributed by atoms with Crippen molar-refractivity contribution in [3.05, 3.63) is 69.5 Å². The summed E-state index contributed by atoms with van der Waals surface area (Å²) >= 11 is 16.6. The van der Waals surface area contributed by atoms with Gasteiger partial charge in [-0.25, -0.2) is 4.39 Å². The molecule has 0 aromatic heterocycles. The summed E-state index contributed by atoms with van der Waals surface area (Å²) in [6.45, 7) is 0. The number of carbonyl (C=O) groups excluding carboxylic acids is 2. The molecule has 0 radical (unpaired) electrons. The molecule has 0 saturated carbocycles. The number of hydrogen-bond donors (Lipinski definition) is 1. The van der Waals surface area contributed by atoms with Crippen molar-refractivity contribution in [1.82, 2.24) is 5.32 Å². The molecule has 0 aliphatic carbocycles. The van der Waals surface area contributed by atoms with Crippen molar-refractivity contribution in [2.75, 3.05) is 4.90 Å². The fraction of sp³-hybridized carbons (Fsp3) is 0. The number of halogens is 3. The quantitative estimate of drug-likeness (QED) is 0.476. The van der Waals surface area contributed by atoms with Crippen LogP contribution in [0.5, 0.6) is 0 Å². The molecule has 126 valence electrons. The second kappa shape index (κ2) is 6.92. The Morgan fingerprint density at radius 1 is 1.04 bits per heavy atom. The lowest BCUT2D eigenvalue weighted by Gasteiger charge is -2.29. The number of amides is 2. The molecule has 1 saturated heterocycles. The standard InChI is InChI=1S/C17H9Cl2FN2O2S/c18-10-3-5-12(6-4-10)22-16(24)13(15(23)21-17(22)25)7-9-1-2-11(19)8-14(9)20/h1-8H,(H,21,23,25). The molecule has 2 aromatic carbocycles. The predicted octanol–water partition coefficient (Wildman–Crippen LogP) is 3.96. The molecule has 0 bridgehead atoms. The fourth-order valence-corrected chi connectivity index (χ4v) is 2.82. The van der Waals surface area contributed by atoms with Crippen LogP contribution in [0.3, 0.4) is 0 Å². The Labute approximate surface area is 157 Å². The van der Waals surface area contributed by atoms with E-state index in [1.54, 1.807) is 24.3 Å². The molecule has 0 unspecified atom stereocenters. The number of nitrogens with zero attached hydrogens (tertiary/aromatic N) is 1. The van der Waals surface area contributed by atoms with Gasteiger partial charge in [0.25, 0.3) is 11.8 Å². The van der Waals surface area contributed by atoms with E-state index in [9.17, 15) is 14.0 Å². The van der Waals surface area contributed by atoms with Gasteiger partial charge in [0.05, 0.1) is 5.69 Å². The van der Waals surface area contributed by atoms with Gasteiger partial charge in [0.2, 0.25) is 0 Å². The smallest absolute Gasteiger partial charge is 0.270 e. The van der Waals surface area contributed by atoms with Crippen LogP contribution in [0.15, 0.2) is 48.0 Å². The van der Waals surface area contributed by atoms with Gasteiger partial charge in [-0.2, -0.15) is 0 Å². The first kappa shape index (κ1) is 17.5. The molecule has 1 aliphatic rings. The van der Waals surface area contributed by atoms with E-state index in [0.29, 0.717) is 10.7 Å². The van der Waals surface area contributed by atoms with Gasteiger partial charge in [0.15, 0.2) is 5.11 Å². The number of hydrogen-bond acceptors (Lipinski definition) is 3. The van der Waals surface area contributed by atoms with Crippen LogP contribution >= 0.6 is 35.4 Å². The molecule has 3 rings (SSSR count). The molecular weight excluding hydrogens is 386 g/mol. The highest BCUT2D eigenvalue weighted by Gasteiger charge is 2.34. The Hall–Kier alpha value is -2.28. The molecular formula is C17H9Cl2FN2O2S. The minimum absolute atomic E-state index is 0.0618. The number of anilines is 1. The summed E-state index contributed by atoms with van der Waals surface area (Å²) in [4.78, 5) is 26.0. The minimum atomic E-state index is -0.699. The number of thiocarbonyl (C=S) groups is 1. The average Bonchev–Trinajstić information content (AvgIpc) is 2.55. The van der Waals surface area contributed by atoms with Crippen LogP contribution in [0.4, 0.5) is 10.1 Å². The molecule has 25 heavy (non-hydrogen) atoms. The highest BCUT2D eigenvalue weighted by molar-refractivity contribution is 7.80. The molecule has 1 heterocycles. The van der Waals surface area contributed by atoms with Gasteiger partial charge in [0, 0.05) is 15.6 Å². The monoisotopic (exact) mass is 394 g/mol. The number of rotatable bonds is 2. The summed E-state index contributed by atoms with van der Waals surface area (Å²) in [6.07, 6.45) is 1.16. The molecule has 1 aliphatic heterocycles. The van der Waals surface area contributed by atoms with Crippen LogP contribution in [0.1, 0.15) is 5.56 Å². The van der Waals surface area contributed by atoms with E-state index in [2.05, 4.69) is 5.32 Å². The van der Waals surface area contributed by atoms with E-state index in [0.717, 1.165) is 17.0 Å². The SMILES string of the molecule is O=C1NC(=S)N(c2ccc(Cl)cc2)C(=O)C1=Cc1ccc(Cl)cc1F. The van der Waals surface area contributed by atoms with Gasteiger partial charge in [0.1, 0.15) is 11.4 Å². The molecule has 1 fully saturated rings. The zero-order valence-electron chi connectivity index (χ0n) is 12.4. The summed E-state index contributed by atoms with van der Waals surface area (Å²) in [5.41, 5.74) is 0.249. The molecule has 2 amide bonds. The summed E-state index contributed by atoms with van der Waals surface area (Å²) < 4.78 is 14.0. The molecule has 8 heteroatoms. The summed E-state index contributed by atoms with van der Waals surface area (Å²) in [5.74, 6) is -2.01. The summed E-state index contributed by atoms with van der Waals surface area (Å²) in [5, 5.41) is 3.06. The Balaban J connectivity index is 2.03. The molecule has 0 atom stereocenters. The third-order valence-corrected chi connectivity index (χ3v) is 4.22. The lowest BCUT2D eigenvalue weighted by molar-refractivity contribution is -0.122. The van der Waals surface area contributed by atoms with Crippen molar-refractivity contribution < 1.29 is 14.0 Å². The summed E-state index contributed by atoms with van der Waals surface area (Å²) in [7, 11) is 0. The van der Waals surface area contributed by atoms with Crippen molar-refractivity contribution in [3.63, 3.8) is 0 Å². The highest BCUT2D eigenvalue weighted by Crippen LogP contribution is 2.24. The Morgan fingerprint density at radius 3 is 2.32 bits per heavy atom. The average molecular weight is 395 g/mol. The fourth-order valence-electron chi connectivity index (χ4n) is 2.26. The molecule has 4 nitrogen and oxygen atoms in total. The third kappa shape index (κ3) is 3.56. The van der Waals surface area contributed by atoms with Gasteiger partial charge < -0.3 is 0 Å². The molecule has 2 aromatic rings. The lowest BCUT2D eigenvalue weighted by Crippen LogP contribution is -2.54. The molecule has 0 spiro atoms. The van der Waals surface area contributed by atoms with E-state index < -0.39 is 17.6 Å². The normalized spacial score (nSPS) is 16.4. The molecule has 1 N–H and O–H groups in total. The summed E-state index contributed by atoms with van der Waals surface area (Å²) in [6, 6.07) is 10.3. The maximum atomic E-state index is 14.0. The van der Waals surface area contributed by atoms with Crippen LogP contribution in [0.25, 0.3) is 6.08 Å². The van der Waals surface area contributed by atoms with Gasteiger partial charge >= 0.3 is 0 Å². The van der Waals surface area contributed by atoms with Crippen molar-refractivity contribution >= 4 is 64.1 Å². The van der Waals surface area contributed by atoms with Crippen molar-refractivity contribution in [2.45, 2.75) is 0 Å². The van der Waals surface area contributed by atoms with Crippen LogP contribution < -0.4 is 10.2 Å². The van der Waals surface area contributed by atoms with Gasteiger partial charge in [-0.3, -0.25) is 19.8 Å². The van der Waals surface area contributed by atoms with Crippen LogP contribution in [-0.4, -0.2) is 16.9 Å². The zero-order chi connectivity index (χ0) is 18.1. The predicted molar refractivity (Wildman–Crippen MR) is 99.1 cm³/mol. The van der Waals surface area contributed by atoms with Crippen molar-refractivity contribution in [2.24, 2.45) is 0 Å². The van der Waals surface area contributed by atoms with Crippen LogP contribution in [0.2, 0.25) is 10.0 Å². The minimum Gasteiger partial charge on any atom is -0.298 e. The van der Waals surface area contributed by atoms with Crippen LogP contribution in [0, 0.1) is 5.82 Å². The van der Waals surface area contributed by atoms with Gasteiger partial charge in [-0.05, 0) is 54.7 Å². The maximum absolute atomic E-state index is 14.0. The van der Waals surface area contributed by atoms with Crippen molar-refractivity contribution in [3.8, 4) is 0 Å². The number of carbonyl (C=O) groups is 2. The van der Waals surface area contributed by atoms with E-state index >= 15 is 0 Å². The highest BCUT2D eigenvalue weighted by atomic mass is 35.5. The van der Waals surface area contributed by atoms with Crippen LogP contribution in [-0.2, 0) is 9.59 Å². The second-order valence-electron chi connectivity index (χ2n) is 5.10. The number of nitrogens with one attached hydrogen (secondary N) is 1. The van der Waals surface area contributed by atoms with E-state index in [4.69, 9.17) is 35.4 Å². The largest absolute Gasteiger partial charge is 0.298 e. The maximum Gasteiger partial charge on any atom is 0.270 e. The second-order valence-corrected chi connectivity index (χ2v) is 6.36. The Kier molecular flexibility index (Phi) is 4.85. The van der Waals surface area contributed by atoms with Gasteiger partial charge in [-0.1, -0.05) is 29.3 Å². The van der Waals surface area contributed by atoms with Gasteiger partial charge in [-0.15, -0.1) is 0 Å². The Morgan fingerprint density at radius 2 is 1.68 bits per heavy atom. The van der Waals surface area contributed by atoms with E-state index in [-0.39, 0.29) is 21.3 Å². The van der Waals surface area contributed by atoms with E-state index in [1.807, 2.05) is 0 Å². The Bertz CT molecular complexity index is 929. The van der Waals surface area contributed by atoms with E-state index in [1.165, 1.54) is 12.1 Å². The first-order valence-corrected chi connectivity index (χ1v) is 8.15. The first-order valence-electron chi connectivity index (χ1n) is 6.99. The first-order chi connectivity index (χ1) is 11.9. The van der Waals surface area contributed by atoms with Crippen molar-refractivity contribution in [1.29, 1.82) is 0 Å². The third-order valence-electron chi connectivity index (χ3n) is 3.45.